The molecule has 0 amide bonds. The van der Waals surface area contributed by atoms with E-state index in [4.69, 9.17) is 23.2 Å². The van der Waals surface area contributed by atoms with Gasteiger partial charge in [0.2, 0.25) is 0 Å². The van der Waals surface area contributed by atoms with Crippen molar-refractivity contribution >= 4 is 34.1 Å². The Labute approximate surface area is 204 Å². The highest BCUT2D eigenvalue weighted by Gasteiger charge is 2.39. The van der Waals surface area contributed by atoms with Gasteiger partial charge in [-0.05, 0) is 43.2 Å². The number of rotatable bonds is 3. The lowest BCUT2D eigenvalue weighted by molar-refractivity contribution is 0.610. The molecule has 168 valence electrons. The van der Waals surface area contributed by atoms with Crippen molar-refractivity contribution in [3.63, 3.8) is 0 Å². The first-order valence-corrected chi connectivity index (χ1v) is 11.4. The van der Waals surface area contributed by atoms with Gasteiger partial charge < -0.3 is 0 Å². The Morgan fingerprint density at radius 3 is 2.65 bits per heavy atom. The lowest BCUT2D eigenvalue weighted by Gasteiger charge is -2.18. The van der Waals surface area contributed by atoms with Crippen LogP contribution in [0.2, 0.25) is 10.2 Å². The molecule has 0 fully saturated rings. The van der Waals surface area contributed by atoms with Crippen LogP contribution in [-0.2, 0) is 12.0 Å². The third-order valence-corrected chi connectivity index (χ3v) is 6.80. The lowest BCUT2D eigenvalue weighted by Crippen LogP contribution is -2.24. The number of halogens is 2. The summed E-state index contributed by atoms with van der Waals surface area (Å²) in [5.41, 5.74) is 4.73. The molecule has 4 heterocycles. The van der Waals surface area contributed by atoms with Gasteiger partial charge in [0.1, 0.15) is 11.0 Å². The predicted molar refractivity (Wildman–Crippen MR) is 132 cm³/mol. The summed E-state index contributed by atoms with van der Waals surface area (Å²) in [5.74, 6) is 0.683. The van der Waals surface area contributed by atoms with E-state index >= 15 is 0 Å². The summed E-state index contributed by atoms with van der Waals surface area (Å²) >= 11 is 12.4. The Hall–Kier alpha value is -3.55. The monoisotopic (exact) mass is 488 g/mol. The maximum atomic E-state index is 12.8. The first kappa shape index (κ1) is 21.0. The molecule has 34 heavy (non-hydrogen) atoms. The maximum absolute atomic E-state index is 12.8. The Bertz CT molecular complexity index is 1650. The molecule has 9 heteroatoms. The van der Waals surface area contributed by atoms with Crippen LogP contribution in [0, 0.1) is 0 Å². The van der Waals surface area contributed by atoms with Crippen molar-refractivity contribution in [3.8, 4) is 16.8 Å². The highest BCUT2D eigenvalue weighted by Crippen LogP contribution is 2.44. The van der Waals surface area contributed by atoms with Crippen LogP contribution in [0.5, 0.6) is 0 Å². The maximum Gasteiger partial charge on any atom is 0.280 e. The molecule has 5 aromatic rings. The fourth-order valence-corrected chi connectivity index (χ4v) is 4.97. The van der Waals surface area contributed by atoms with Gasteiger partial charge in [-0.1, -0.05) is 41.4 Å². The van der Waals surface area contributed by atoms with Crippen molar-refractivity contribution in [1.82, 2.24) is 29.3 Å². The molecule has 0 unspecified atom stereocenters. The highest BCUT2D eigenvalue weighted by atomic mass is 35.5. The van der Waals surface area contributed by atoms with Gasteiger partial charge in [-0.15, -0.1) is 0 Å². The molecule has 3 aromatic heterocycles. The van der Waals surface area contributed by atoms with Crippen LogP contribution in [0.1, 0.15) is 30.9 Å². The topological polar surface area (TPSA) is 78.5 Å². The Morgan fingerprint density at radius 2 is 1.85 bits per heavy atom. The fourth-order valence-electron chi connectivity index (χ4n) is 4.61. The molecular weight excluding hydrogens is 471 g/mol. The minimum Gasteiger partial charge on any atom is -0.295 e. The van der Waals surface area contributed by atoms with Crippen molar-refractivity contribution in [2.75, 3.05) is 0 Å². The first-order chi connectivity index (χ1) is 16.3. The number of para-hydroxylation sites is 1. The minimum absolute atomic E-state index is 0.267. The van der Waals surface area contributed by atoms with E-state index in [1.807, 2.05) is 21.6 Å². The van der Waals surface area contributed by atoms with E-state index in [-0.39, 0.29) is 5.56 Å². The number of benzene rings is 2. The molecule has 0 saturated carbocycles. The van der Waals surface area contributed by atoms with Gasteiger partial charge in [0, 0.05) is 11.8 Å². The van der Waals surface area contributed by atoms with Crippen LogP contribution in [0.4, 0.5) is 0 Å². The fraction of sp³-hybridized carbons (Fsp3) is 0.160. The van der Waals surface area contributed by atoms with E-state index in [0.29, 0.717) is 33.4 Å². The van der Waals surface area contributed by atoms with Crippen LogP contribution >= 0.6 is 23.2 Å². The minimum atomic E-state index is -0.447. The quantitative estimate of drug-likeness (QED) is 0.355. The molecule has 2 aromatic carbocycles. The Balaban J connectivity index is 1.48. The summed E-state index contributed by atoms with van der Waals surface area (Å²) in [6, 6.07) is 11.6. The van der Waals surface area contributed by atoms with Crippen molar-refractivity contribution in [2.45, 2.75) is 25.8 Å². The van der Waals surface area contributed by atoms with E-state index in [1.165, 1.54) is 6.20 Å². The van der Waals surface area contributed by atoms with Crippen molar-refractivity contribution in [2.24, 2.45) is 0 Å². The normalized spacial score (nSPS) is 13.8. The van der Waals surface area contributed by atoms with Gasteiger partial charge >= 0.3 is 0 Å². The molecule has 7 nitrogen and oxygen atoms in total. The summed E-state index contributed by atoms with van der Waals surface area (Å²) in [7, 11) is 0. The molecule has 0 N–H and O–H groups in total. The van der Waals surface area contributed by atoms with E-state index in [1.54, 1.807) is 24.4 Å². The summed E-state index contributed by atoms with van der Waals surface area (Å²) < 4.78 is 3.83. The first-order valence-electron chi connectivity index (χ1n) is 10.7. The second kappa shape index (κ2) is 7.48. The average Bonchev–Trinajstić information content (AvgIpc) is 3.37. The molecule has 0 bridgehead atoms. The standard InChI is InChI=1S/C25H18Cl2N6O/c1-25(2)18-7-6-14(15-9-30-32(12-15)13-16-10-29-21(27)11-28-16)8-20(18)33-22-17(4-3-5-19(22)26)23(34)31-24(25)33/h3-12H,13H2,1-2H3. The van der Waals surface area contributed by atoms with E-state index in [0.717, 1.165) is 28.1 Å². The van der Waals surface area contributed by atoms with Crippen LogP contribution in [-0.4, -0.2) is 29.3 Å². The van der Waals surface area contributed by atoms with Crippen molar-refractivity contribution < 1.29 is 0 Å². The van der Waals surface area contributed by atoms with E-state index < -0.39 is 5.41 Å². The zero-order valence-electron chi connectivity index (χ0n) is 18.3. The number of hydrogen-bond donors (Lipinski definition) is 0. The number of hydrogen-bond acceptors (Lipinski definition) is 5. The largest absolute Gasteiger partial charge is 0.295 e. The predicted octanol–water partition coefficient (Wildman–Crippen LogP) is 5.03. The van der Waals surface area contributed by atoms with Crippen molar-refractivity contribution in [1.29, 1.82) is 0 Å². The van der Waals surface area contributed by atoms with Crippen LogP contribution < -0.4 is 5.56 Å². The van der Waals surface area contributed by atoms with Crippen LogP contribution in [0.15, 0.2) is 66.0 Å². The third-order valence-electron chi connectivity index (χ3n) is 6.30. The molecule has 0 saturated heterocycles. The summed E-state index contributed by atoms with van der Waals surface area (Å²) in [6.07, 6.45) is 6.95. The Morgan fingerprint density at radius 1 is 1.00 bits per heavy atom. The molecule has 0 aliphatic carbocycles. The average molecular weight is 489 g/mol. The summed E-state index contributed by atoms with van der Waals surface area (Å²) in [5, 5.41) is 5.86. The van der Waals surface area contributed by atoms with Gasteiger partial charge in [-0.3, -0.25) is 19.0 Å². The third kappa shape index (κ3) is 3.15. The van der Waals surface area contributed by atoms with Gasteiger partial charge in [-0.2, -0.15) is 10.1 Å². The molecule has 6 rings (SSSR count). The molecule has 0 atom stereocenters. The second-order valence-corrected chi connectivity index (χ2v) is 9.62. The zero-order chi connectivity index (χ0) is 23.6. The number of aromatic nitrogens is 6. The SMILES string of the molecule is CC1(C)c2ccc(-c3cnn(Cc4cnc(Cl)cn4)c3)cc2-n2c1nc(=O)c1cccc(Cl)c12. The molecule has 1 aliphatic rings. The summed E-state index contributed by atoms with van der Waals surface area (Å²) in [4.78, 5) is 25.6. The highest BCUT2D eigenvalue weighted by molar-refractivity contribution is 6.35. The second-order valence-electron chi connectivity index (χ2n) is 8.83. The number of fused-ring (bicyclic) bond motifs is 5. The van der Waals surface area contributed by atoms with Gasteiger partial charge in [-0.25, -0.2) is 4.98 Å². The van der Waals surface area contributed by atoms with Gasteiger partial charge in [0.25, 0.3) is 5.56 Å². The van der Waals surface area contributed by atoms with Crippen LogP contribution in [0.25, 0.3) is 27.7 Å². The molecule has 0 spiro atoms. The van der Waals surface area contributed by atoms with E-state index in [2.05, 4.69) is 52.1 Å². The lowest BCUT2D eigenvalue weighted by atomic mass is 9.85. The molecule has 0 radical (unpaired) electrons. The summed E-state index contributed by atoms with van der Waals surface area (Å²) in [6.45, 7) is 4.63. The number of nitrogens with zero attached hydrogens (tertiary/aromatic N) is 6. The van der Waals surface area contributed by atoms with Crippen molar-refractivity contribution in [3.05, 3.63) is 98.8 Å². The van der Waals surface area contributed by atoms with Gasteiger partial charge in [0.15, 0.2) is 0 Å². The molecular formula is C25H18Cl2N6O. The molecule has 1 aliphatic heterocycles. The van der Waals surface area contributed by atoms with Gasteiger partial charge in [0.05, 0.1) is 57.9 Å². The smallest absolute Gasteiger partial charge is 0.280 e. The van der Waals surface area contributed by atoms with Crippen LogP contribution in [0.3, 0.4) is 0 Å². The van der Waals surface area contributed by atoms with E-state index in [9.17, 15) is 4.79 Å². The Kier molecular flexibility index (Phi) is 4.62. The zero-order valence-corrected chi connectivity index (χ0v) is 19.8.